The van der Waals surface area contributed by atoms with Crippen molar-refractivity contribution in [3.63, 3.8) is 0 Å². The summed E-state index contributed by atoms with van der Waals surface area (Å²) < 4.78 is 3.90. The SMILES string of the molecule is CCC(CC)N(CCO)C(=O)c1snnc1C(C)C. The van der Waals surface area contributed by atoms with Gasteiger partial charge in [-0.05, 0) is 30.3 Å². The van der Waals surface area contributed by atoms with Gasteiger partial charge in [0.2, 0.25) is 0 Å². The van der Waals surface area contributed by atoms with Crippen LogP contribution in [-0.2, 0) is 0 Å². The van der Waals surface area contributed by atoms with Crippen molar-refractivity contribution in [2.75, 3.05) is 13.2 Å². The van der Waals surface area contributed by atoms with Crippen LogP contribution in [-0.4, -0.2) is 44.7 Å². The standard InChI is InChI=1S/C13H23N3O2S/c1-5-10(6-2)16(7-8-17)13(18)12-11(9(3)4)14-15-19-12/h9-10,17H,5-8H2,1-4H3. The zero-order valence-corrected chi connectivity index (χ0v) is 12.9. The Morgan fingerprint density at radius 2 is 2.00 bits per heavy atom. The van der Waals surface area contributed by atoms with E-state index in [0.29, 0.717) is 11.4 Å². The lowest BCUT2D eigenvalue weighted by Crippen LogP contribution is -2.41. The summed E-state index contributed by atoms with van der Waals surface area (Å²) in [6, 6.07) is 0.154. The Bertz CT molecular complexity index is 402. The summed E-state index contributed by atoms with van der Waals surface area (Å²) >= 11 is 1.14. The maximum Gasteiger partial charge on any atom is 0.267 e. The van der Waals surface area contributed by atoms with Crippen LogP contribution in [0.4, 0.5) is 0 Å². The molecular formula is C13H23N3O2S. The van der Waals surface area contributed by atoms with E-state index in [1.807, 2.05) is 13.8 Å². The molecule has 108 valence electrons. The minimum Gasteiger partial charge on any atom is -0.395 e. The van der Waals surface area contributed by atoms with E-state index >= 15 is 0 Å². The van der Waals surface area contributed by atoms with E-state index in [4.69, 9.17) is 0 Å². The van der Waals surface area contributed by atoms with Gasteiger partial charge in [-0.15, -0.1) is 5.10 Å². The minimum atomic E-state index is -0.0542. The predicted octanol–water partition coefficient (Wildman–Crippen LogP) is 2.28. The average Bonchev–Trinajstić information content (AvgIpc) is 2.87. The molecule has 6 heteroatoms. The molecule has 0 aromatic carbocycles. The third kappa shape index (κ3) is 3.73. The molecule has 1 amide bonds. The van der Waals surface area contributed by atoms with Crippen molar-refractivity contribution in [2.24, 2.45) is 0 Å². The van der Waals surface area contributed by atoms with E-state index in [-0.39, 0.29) is 24.5 Å². The van der Waals surface area contributed by atoms with Crippen molar-refractivity contribution in [3.05, 3.63) is 10.6 Å². The second-order valence-electron chi connectivity index (χ2n) is 4.83. The van der Waals surface area contributed by atoms with Crippen LogP contribution in [0.2, 0.25) is 0 Å². The third-order valence-corrected chi connectivity index (χ3v) is 3.97. The molecule has 19 heavy (non-hydrogen) atoms. The minimum absolute atomic E-state index is 0.0223. The zero-order valence-electron chi connectivity index (χ0n) is 12.1. The van der Waals surface area contributed by atoms with Gasteiger partial charge in [0.25, 0.3) is 5.91 Å². The first-order chi connectivity index (χ1) is 9.06. The van der Waals surface area contributed by atoms with Gasteiger partial charge in [-0.2, -0.15) is 0 Å². The molecule has 0 fully saturated rings. The molecule has 1 aromatic heterocycles. The molecule has 5 nitrogen and oxygen atoms in total. The number of aliphatic hydroxyl groups excluding tert-OH is 1. The number of rotatable bonds is 7. The highest BCUT2D eigenvalue weighted by Gasteiger charge is 2.27. The zero-order chi connectivity index (χ0) is 14.4. The summed E-state index contributed by atoms with van der Waals surface area (Å²) in [6.45, 7) is 8.45. The van der Waals surface area contributed by atoms with Crippen LogP contribution in [0.1, 0.15) is 61.8 Å². The van der Waals surface area contributed by atoms with Crippen LogP contribution in [0.25, 0.3) is 0 Å². The quantitative estimate of drug-likeness (QED) is 0.834. The highest BCUT2D eigenvalue weighted by molar-refractivity contribution is 7.08. The van der Waals surface area contributed by atoms with E-state index < -0.39 is 0 Å². The number of amides is 1. The highest BCUT2D eigenvalue weighted by atomic mass is 32.1. The van der Waals surface area contributed by atoms with Gasteiger partial charge in [0, 0.05) is 12.6 Å². The summed E-state index contributed by atoms with van der Waals surface area (Å²) in [5.74, 6) is 0.122. The van der Waals surface area contributed by atoms with Crippen LogP contribution in [0.3, 0.4) is 0 Å². The molecule has 1 rings (SSSR count). The Labute approximate surface area is 118 Å². The second kappa shape index (κ2) is 7.55. The lowest BCUT2D eigenvalue weighted by atomic mass is 10.1. The van der Waals surface area contributed by atoms with E-state index in [1.165, 1.54) is 0 Å². The summed E-state index contributed by atoms with van der Waals surface area (Å²) in [7, 11) is 0. The molecule has 0 saturated heterocycles. The molecular weight excluding hydrogens is 262 g/mol. The van der Waals surface area contributed by atoms with Gasteiger partial charge in [0.15, 0.2) is 0 Å². The van der Waals surface area contributed by atoms with Crippen molar-refractivity contribution in [2.45, 2.75) is 52.5 Å². The molecule has 0 unspecified atom stereocenters. The van der Waals surface area contributed by atoms with E-state index in [2.05, 4.69) is 23.4 Å². The number of nitrogens with zero attached hydrogens (tertiary/aromatic N) is 3. The molecule has 0 aliphatic heterocycles. The monoisotopic (exact) mass is 285 g/mol. The first-order valence-electron chi connectivity index (χ1n) is 6.80. The van der Waals surface area contributed by atoms with Crippen LogP contribution in [0.5, 0.6) is 0 Å². The van der Waals surface area contributed by atoms with Crippen LogP contribution in [0.15, 0.2) is 0 Å². The number of carbonyl (C=O) groups excluding carboxylic acids is 1. The van der Waals surface area contributed by atoms with Gasteiger partial charge in [0.05, 0.1) is 12.3 Å². The Balaban J connectivity index is 3.01. The van der Waals surface area contributed by atoms with Crippen LogP contribution >= 0.6 is 11.5 Å². The topological polar surface area (TPSA) is 66.3 Å². The molecule has 0 spiro atoms. The summed E-state index contributed by atoms with van der Waals surface area (Å²) in [4.78, 5) is 15.0. The summed E-state index contributed by atoms with van der Waals surface area (Å²) in [5, 5.41) is 13.2. The maximum atomic E-state index is 12.6. The molecule has 0 radical (unpaired) electrons. The normalized spacial score (nSPS) is 11.3. The average molecular weight is 285 g/mol. The molecule has 1 heterocycles. The van der Waals surface area contributed by atoms with Gasteiger partial charge in [-0.3, -0.25) is 4.79 Å². The van der Waals surface area contributed by atoms with E-state index in [9.17, 15) is 9.90 Å². The van der Waals surface area contributed by atoms with Crippen LogP contribution < -0.4 is 0 Å². The predicted molar refractivity (Wildman–Crippen MR) is 76.5 cm³/mol. The second-order valence-corrected chi connectivity index (χ2v) is 5.59. The fourth-order valence-corrected chi connectivity index (χ4v) is 2.92. The molecule has 0 atom stereocenters. The molecule has 1 N–H and O–H groups in total. The van der Waals surface area contributed by atoms with Gasteiger partial charge in [-0.1, -0.05) is 32.2 Å². The third-order valence-electron chi connectivity index (χ3n) is 3.24. The van der Waals surface area contributed by atoms with E-state index in [1.54, 1.807) is 4.90 Å². The van der Waals surface area contributed by atoms with Crippen molar-refractivity contribution in [1.82, 2.24) is 14.5 Å². The van der Waals surface area contributed by atoms with Gasteiger partial charge >= 0.3 is 0 Å². The van der Waals surface area contributed by atoms with Crippen molar-refractivity contribution < 1.29 is 9.90 Å². The number of carbonyl (C=O) groups is 1. The lowest BCUT2D eigenvalue weighted by Gasteiger charge is -2.29. The Hall–Kier alpha value is -1.01. The first-order valence-corrected chi connectivity index (χ1v) is 7.58. The molecule has 0 aliphatic carbocycles. The maximum absolute atomic E-state index is 12.6. The molecule has 0 aliphatic rings. The highest BCUT2D eigenvalue weighted by Crippen LogP contribution is 2.23. The largest absolute Gasteiger partial charge is 0.395 e. The first kappa shape index (κ1) is 16.0. The fourth-order valence-electron chi connectivity index (χ4n) is 2.14. The molecule has 1 aromatic rings. The number of aliphatic hydroxyl groups is 1. The van der Waals surface area contributed by atoms with Crippen molar-refractivity contribution in [3.8, 4) is 0 Å². The Morgan fingerprint density at radius 1 is 1.37 bits per heavy atom. The molecule has 0 bridgehead atoms. The van der Waals surface area contributed by atoms with Crippen LogP contribution in [0, 0.1) is 0 Å². The Morgan fingerprint density at radius 3 is 2.47 bits per heavy atom. The summed E-state index contributed by atoms with van der Waals surface area (Å²) in [6.07, 6.45) is 1.76. The summed E-state index contributed by atoms with van der Waals surface area (Å²) in [5.41, 5.74) is 0.754. The number of hydrogen-bond donors (Lipinski definition) is 1. The fraction of sp³-hybridized carbons (Fsp3) is 0.769. The van der Waals surface area contributed by atoms with Gasteiger partial charge < -0.3 is 10.0 Å². The Kier molecular flexibility index (Phi) is 6.37. The van der Waals surface area contributed by atoms with Crippen molar-refractivity contribution >= 4 is 17.4 Å². The smallest absolute Gasteiger partial charge is 0.267 e. The van der Waals surface area contributed by atoms with Gasteiger partial charge in [0.1, 0.15) is 4.88 Å². The number of aromatic nitrogens is 2. The van der Waals surface area contributed by atoms with Crippen molar-refractivity contribution in [1.29, 1.82) is 0 Å². The lowest BCUT2D eigenvalue weighted by molar-refractivity contribution is 0.0625. The molecule has 0 saturated carbocycles. The number of hydrogen-bond acceptors (Lipinski definition) is 5. The van der Waals surface area contributed by atoms with E-state index in [0.717, 1.165) is 30.1 Å². The van der Waals surface area contributed by atoms with Gasteiger partial charge in [-0.25, -0.2) is 0 Å².